The van der Waals surface area contributed by atoms with Crippen molar-refractivity contribution < 1.29 is 0 Å². The highest BCUT2D eigenvalue weighted by Crippen LogP contribution is 2.06. The Balaban J connectivity index is 2.57. The molecule has 3 nitrogen and oxygen atoms in total. The third-order valence-electron chi connectivity index (χ3n) is 2.21. The average molecular weight is 193 g/mol. The number of nitrogen functional groups attached to an aromatic ring is 1. The molecule has 0 unspecified atom stereocenters. The van der Waals surface area contributed by atoms with Gasteiger partial charge in [-0.25, -0.2) is 0 Å². The van der Waals surface area contributed by atoms with Gasteiger partial charge in [-0.2, -0.15) is 0 Å². The fraction of sp³-hybridized carbons (Fsp3) is 0.545. The quantitative estimate of drug-likeness (QED) is 0.776. The molecule has 1 heterocycles. The fourth-order valence-corrected chi connectivity index (χ4v) is 1.48. The number of rotatable bonds is 5. The van der Waals surface area contributed by atoms with E-state index in [0.717, 1.165) is 31.0 Å². The third-order valence-corrected chi connectivity index (χ3v) is 2.21. The van der Waals surface area contributed by atoms with Crippen LogP contribution in [0.5, 0.6) is 0 Å². The Labute approximate surface area is 85.9 Å². The average Bonchev–Trinajstić information content (AvgIpc) is 2.17. The molecule has 2 N–H and O–H groups in total. The summed E-state index contributed by atoms with van der Waals surface area (Å²) in [5.74, 6) is 0. The van der Waals surface area contributed by atoms with Gasteiger partial charge in [-0.1, -0.05) is 13.8 Å². The standard InChI is InChI=1S/C11H19N3/c1-3-7-14(4-2)9-11-8-10(12)5-6-13-11/h5-6,8H,3-4,7,9H2,1-2H3,(H2,12,13). The predicted molar refractivity (Wildman–Crippen MR) is 59.9 cm³/mol. The van der Waals surface area contributed by atoms with Gasteiger partial charge in [0.25, 0.3) is 0 Å². The van der Waals surface area contributed by atoms with E-state index in [4.69, 9.17) is 5.73 Å². The molecule has 0 spiro atoms. The van der Waals surface area contributed by atoms with Gasteiger partial charge in [0.05, 0.1) is 5.69 Å². The highest BCUT2D eigenvalue weighted by Gasteiger charge is 2.03. The molecule has 1 aromatic heterocycles. The Morgan fingerprint density at radius 3 is 2.79 bits per heavy atom. The zero-order valence-corrected chi connectivity index (χ0v) is 9.03. The van der Waals surface area contributed by atoms with Crippen LogP contribution in [0.25, 0.3) is 0 Å². The first kappa shape index (κ1) is 11.0. The first-order chi connectivity index (χ1) is 6.76. The predicted octanol–water partition coefficient (Wildman–Crippen LogP) is 1.90. The van der Waals surface area contributed by atoms with Gasteiger partial charge in [0.1, 0.15) is 0 Å². The first-order valence-electron chi connectivity index (χ1n) is 5.19. The molecule has 0 aliphatic carbocycles. The molecule has 0 saturated carbocycles. The lowest BCUT2D eigenvalue weighted by molar-refractivity contribution is 0.277. The molecule has 0 atom stereocenters. The lowest BCUT2D eigenvalue weighted by Crippen LogP contribution is -2.24. The van der Waals surface area contributed by atoms with Gasteiger partial charge in [0.15, 0.2) is 0 Å². The van der Waals surface area contributed by atoms with Gasteiger partial charge in [0, 0.05) is 18.4 Å². The van der Waals surface area contributed by atoms with E-state index < -0.39 is 0 Å². The van der Waals surface area contributed by atoms with Crippen molar-refractivity contribution >= 4 is 5.69 Å². The third kappa shape index (κ3) is 3.34. The molecule has 1 rings (SSSR count). The number of pyridine rings is 1. The van der Waals surface area contributed by atoms with E-state index in [-0.39, 0.29) is 0 Å². The maximum atomic E-state index is 5.69. The second-order valence-electron chi connectivity index (χ2n) is 3.45. The smallest absolute Gasteiger partial charge is 0.0564 e. The summed E-state index contributed by atoms with van der Waals surface area (Å²) in [5.41, 5.74) is 7.54. The molecular weight excluding hydrogens is 174 g/mol. The van der Waals surface area contributed by atoms with Crippen molar-refractivity contribution in [2.75, 3.05) is 18.8 Å². The number of hydrogen-bond donors (Lipinski definition) is 1. The Morgan fingerprint density at radius 2 is 2.21 bits per heavy atom. The lowest BCUT2D eigenvalue weighted by atomic mass is 10.3. The van der Waals surface area contributed by atoms with E-state index in [0.29, 0.717) is 0 Å². The molecule has 0 fully saturated rings. The first-order valence-corrected chi connectivity index (χ1v) is 5.19. The van der Waals surface area contributed by atoms with Crippen molar-refractivity contribution in [3.8, 4) is 0 Å². The van der Waals surface area contributed by atoms with Crippen LogP contribution in [0.15, 0.2) is 18.3 Å². The molecule has 1 aromatic rings. The summed E-state index contributed by atoms with van der Waals surface area (Å²) in [6, 6.07) is 3.76. The number of nitrogens with zero attached hydrogens (tertiary/aromatic N) is 2. The minimum Gasteiger partial charge on any atom is -0.399 e. The topological polar surface area (TPSA) is 42.1 Å². The summed E-state index contributed by atoms with van der Waals surface area (Å²) in [6.07, 6.45) is 2.95. The summed E-state index contributed by atoms with van der Waals surface area (Å²) in [6.45, 7) is 7.43. The monoisotopic (exact) mass is 193 g/mol. The largest absolute Gasteiger partial charge is 0.399 e. The van der Waals surface area contributed by atoms with E-state index in [1.165, 1.54) is 6.42 Å². The fourth-order valence-electron chi connectivity index (χ4n) is 1.48. The molecule has 78 valence electrons. The molecule has 0 bridgehead atoms. The van der Waals surface area contributed by atoms with Crippen LogP contribution < -0.4 is 5.73 Å². The number of aromatic nitrogens is 1. The van der Waals surface area contributed by atoms with Gasteiger partial charge in [-0.05, 0) is 31.6 Å². The molecule has 0 radical (unpaired) electrons. The van der Waals surface area contributed by atoms with Crippen LogP contribution in [0.1, 0.15) is 26.0 Å². The summed E-state index contributed by atoms with van der Waals surface area (Å²) >= 11 is 0. The van der Waals surface area contributed by atoms with E-state index in [2.05, 4.69) is 23.7 Å². The van der Waals surface area contributed by atoms with Crippen LogP contribution in [0.2, 0.25) is 0 Å². The molecule has 0 amide bonds. The van der Waals surface area contributed by atoms with Gasteiger partial charge >= 0.3 is 0 Å². The Kier molecular flexibility index (Phi) is 4.40. The van der Waals surface area contributed by atoms with E-state index >= 15 is 0 Å². The Bertz CT molecular complexity index is 273. The zero-order valence-electron chi connectivity index (χ0n) is 9.03. The minimum absolute atomic E-state index is 0.794. The van der Waals surface area contributed by atoms with Crippen LogP contribution in [0, 0.1) is 0 Å². The molecule has 3 heteroatoms. The Morgan fingerprint density at radius 1 is 1.43 bits per heavy atom. The van der Waals surface area contributed by atoms with Crippen molar-refractivity contribution in [3.63, 3.8) is 0 Å². The number of nitrogens with two attached hydrogens (primary N) is 1. The van der Waals surface area contributed by atoms with Crippen molar-refractivity contribution in [1.29, 1.82) is 0 Å². The Hall–Kier alpha value is -1.09. The molecule has 0 aromatic carbocycles. The van der Waals surface area contributed by atoms with E-state index in [1.807, 2.05) is 12.1 Å². The molecule has 0 aliphatic rings. The second-order valence-corrected chi connectivity index (χ2v) is 3.45. The van der Waals surface area contributed by atoms with Gasteiger partial charge in [-0.15, -0.1) is 0 Å². The molecule has 0 saturated heterocycles. The lowest BCUT2D eigenvalue weighted by Gasteiger charge is -2.18. The summed E-state index contributed by atoms with van der Waals surface area (Å²) < 4.78 is 0. The molecule has 14 heavy (non-hydrogen) atoms. The van der Waals surface area contributed by atoms with Crippen LogP contribution >= 0.6 is 0 Å². The molecular formula is C11H19N3. The maximum Gasteiger partial charge on any atom is 0.0564 e. The summed E-state index contributed by atoms with van der Waals surface area (Å²) in [4.78, 5) is 6.65. The number of hydrogen-bond acceptors (Lipinski definition) is 3. The van der Waals surface area contributed by atoms with Crippen molar-refractivity contribution in [1.82, 2.24) is 9.88 Å². The summed E-state index contributed by atoms with van der Waals surface area (Å²) in [7, 11) is 0. The second kappa shape index (κ2) is 5.60. The minimum atomic E-state index is 0.794. The van der Waals surface area contributed by atoms with Crippen LogP contribution in [0.4, 0.5) is 5.69 Å². The van der Waals surface area contributed by atoms with Crippen LogP contribution in [-0.2, 0) is 6.54 Å². The van der Waals surface area contributed by atoms with E-state index in [1.54, 1.807) is 6.20 Å². The van der Waals surface area contributed by atoms with E-state index in [9.17, 15) is 0 Å². The van der Waals surface area contributed by atoms with Gasteiger partial charge in [-0.3, -0.25) is 9.88 Å². The summed E-state index contributed by atoms with van der Waals surface area (Å²) in [5, 5.41) is 0. The van der Waals surface area contributed by atoms with Crippen LogP contribution in [0.3, 0.4) is 0 Å². The normalized spacial score (nSPS) is 10.8. The van der Waals surface area contributed by atoms with Gasteiger partial charge < -0.3 is 5.73 Å². The van der Waals surface area contributed by atoms with Crippen molar-refractivity contribution in [3.05, 3.63) is 24.0 Å². The van der Waals surface area contributed by atoms with Crippen molar-refractivity contribution in [2.24, 2.45) is 0 Å². The van der Waals surface area contributed by atoms with Crippen LogP contribution in [-0.4, -0.2) is 23.0 Å². The molecule has 0 aliphatic heterocycles. The van der Waals surface area contributed by atoms with Crippen molar-refractivity contribution in [2.45, 2.75) is 26.8 Å². The maximum absolute atomic E-state index is 5.69. The highest BCUT2D eigenvalue weighted by atomic mass is 15.1. The zero-order chi connectivity index (χ0) is 10.4. The SMILES string of the molecule is CCCN(CC)Cc1cc(N)ccn1. The highest BCUT2D eigenvalue weighted by molar-refractivity contribution is 5.37. The number of anilines is 1. The van der Waals surface area contributed by atoms with Gasteiger partial charge in [0.2, 0.25) is 0 Å².